The number of hydrogen-bond donors (Lipinski definition) is 1. The quantitative estimate of drug-likeness (QED) is 0.743. The molecule has 6 heteroatoms. The Morgan fingerprint density at radius 1 is 0.929 bits per heavy atom. The molecule has 1 aromatic rings. The molecular weight excluding hydrogens is 263 g/mol. The zero-order valence-corrected chi connectivity index (χ0v) is 12.4. The van der Waals surface area contributed by atoms with Crippen LogP contribution >= 0.6 is 0 Å². The Morgan fingerprint density at radius 3 is 1.21 bits per heavy atom. The Bertz CT molecular complexity index is 79.1. The van der Waals surface area contributed by atoms with Crippen LogP contribution in [0.4, 0.5) is 8.78 Å². The first-order valence-electron chi connectivity index (χ1n) is 3.94. The van der Waals surface area contributed by atoms with Crippen LogP contribution in [0.2, 0.25) is 0 Å². The standard InChI is InChI=1S/C2H3N3.2C2H6.CH3F.CH2F.Y/c1-2-4-5-3-1;4*1-2;/h1-2H,(H,3,4,5);2*1-2H3;1H3;1H2;/q;;;;-1;/i;;;2*2-1;. The third-order valence-corrected chi connectivity index (χ3v) is 0.331. The Hall–Kier alpha value is 0.104. The van der Waals surface area contributed by atoms with Crippen LogP contribution in [-0.4, -0.2) is 22.6 Å². The summed E-state index contributed by atoms with van der Waals surface area (Å²) in [5.41, 5.74) is 0. The fourth-order valence-electron chi connectivity index (χ4n) is 0.167. The molecule has 0 aromatic carbocycles. The van der Waals surface area contributed by atoms with E-state index in [4.69, 9.17) is 0 Å². The van der Waals surface area contributed by atoms with Crippen molar-refractivity contribution in [1.82, 2.24) is 15.4 Å². The molecule has 0 bridgehead atoms. The minimum absolute atomic E-state index is 0. The van der Waals surface area contributed by atoms with Crippen molar-refractivity contribution < 1.29 is 41.5 Å². The van der Waals surface area contributed by atoms with E-state index >= 15 is 0 Å². The van der Waals surface area contributed by atoms with Gasteiger partial charge in [0.25, 0.3) is 0 Å². The number of hydrogen-bond acceptors (Lipinski definition) is 2. The summed E-state index contributed by atoms with van der Waals surface area (Å²) in [6, 6.07) is 0. The van der Waals surface area contributed by atoms with Gasteiger partial charge < -0.3 is 4.39 Å². The van der Waals surface area contributed by atoms with E-state index in [-0.39, 0.29) is 32.7 Å². The molecule has 0 spiro atoms. The first-order valence-corrected chi connectivity index (χ1v) is 3.94. The van der Waals surface area contributed by atoms with Crippen molar-refractivity contribution in [2.45, 2.75) is 27.7 Å². The van der Waals surface area contributed by atoms with Gasteiger partial charge in [0.15, 0.2) is 0 Å². The van der Waals surface area contributed by atoms with Crippen molar-refractivity contribution in [2.75, 3.05) is 7.18 Å². The van der Waals surface area contributed by atoms with E-state index in [1.165, 1.54) is 0 Å². The molecule has 14 heavy (non-hydrogen) atoms. The summed E-state index contributed by atoms with van der Waals surface area (Å²) in [6.45, 7) is 8.00. The molecule has 0 saturated heterocycles. The van der Waals surface area contributed by atoms with Gasteiger partial charge in [-0.2, -0.15) is 22.6 Å². The first-order chi connectivity index (χ1) is 6.50. The molecule has 1 radical (unpaired) electrons. The van der Waals surface area contributed by atoms with Gasteiger partial charge in [-0.15, -0.1) is 0 Å². The summed E-state index contributed by atoms with van der Waals surface area (Å²) in [6.07, 6.45) is 3.17. The van der Waals surface area contributed by atoms with Gasteiger partial charge in [-0.05, 0) is 0 Å². The molecule has 0 saturated carbocycles. The van der Waals surface area contributed by atoms with Crippen LogP contribution in [0.1, 0.15) is 27.7 Å². The molecule has 0 aliphatic heterocycles. The molecule has 0 aliphatic rings. The molecule has 3 nitrogen and oxygen atoms in total. The van der Waals surface area contributed by atoms with E-state index in [0.717, 1.165) is 0 Å². The average Bonchev–Trinajstić information content (AvgIpc) is 2.87. The summed E-state index contributed by atoms with van der Waals surface area (Å²) in [4.78, 5) is 0. The van der Waals surface area contributed by atoms with Crippen molar-refractivity contribution in [3.63, 3.8) is 0 Å². The SMILES string of the molecule is CC.CC.C[18F].[CH2-][18F].[Y].c1cn[nH]n1. The van der Waals surface area contributed by atoms with Crippen molar-refractivity contribution in [2.24, 2.45) is 0 Å². The van der Waals surface area contributed by atoms with Gasteiger partial charge in [0.05, 0.1) is 19.6 Å². The maximum atomic E-state index is 9.50. The number of alkyl halides is 1. The predicted molar refractivity (Wildman–Crippen MR) is 52.6 cm³/mol. The van der Waals surface area contributed by atoms with Crippen LogP contribution in [0.3, 0.4) is 0 Å². The summed E-state index contributed by atoms with van der Waals surface area (Å²) in [5, 5.41) is 9.33. The minimum atomic E-state index is 0. The van der Waals surface area contributed by atoms with Crippen LogP contribution < -0.4 is 0 Å². The van der Waals surface area contributed by atoms with Gasteiger partial charge in [-0.3, -0.25) is 4.39 Å². The van der Waals surface area contributed by atoms with Crippen LogP contribution in [0.5, 0.6) is 0 Å². The molecule has 0 fully saturated rings. The van der Waals surface area contributed by atoms with Gasteiger partial charge in [0.1, 0.15) is 0 Å². The normalized spacial score (nSPS) is 4.57. The number of nitrogens with zero attached hydrogens (tertiary/aromatic N) is 2. The largest absolute Gasteiger partial charge is 0.463 e. The zero-order chi connectivity index (χ0) is 11.5. The van der Waals surface area contributed by atoms with Crippen LogP contribution in [-0.2, 0) is 32.7 Å². The van der Waals surface area contributed by atoms with Gasteiger partial charge in [-0.25, -0.2) is 0 Å². The topological polar surface area (TPSA) is 41.6 Å². The summed E-state index contributed by atoms with van der Waals surface area (Å²) < 4.78 is 18.8. The third-order valence-electron chi connectivity index (χ3n) is 0.331. The smallest absolute Gasteiger partial charge is 0.0785 e. The van der Waals surface area contributed by atoms with Gasteiger partial charge in [0, 0.05) is 32.7 Å². The number of rotatable bonds is 0. The molecule has 1 aromatic heterocycles. The number of nitrogens with one attached hydrogen (secondary N) is 1. The Kier molecular flexibility index (Phi) is 154. The van der Waals surface area contributed by atoms with Gasteiger partial charge in [0.2, 0.25) is 0 Å². The van der Waals surface area contributed by atoms with Crippen LogP contribution in [0.25, 0.3) is 0 Å². The monoisotopic (exact) mass is 283 g/mol. The maximum absolute atomic E-state index is 9.50. The van der Waals surface area contributed by atoms with E-state index in [2.05, 4.69) is 15.4 Å². The third kappa shape index (κ3) is 57.3. The summed E-state index contributed by atoms with van der Waals surface area (Å²) >= 11 is 0. The summed E-state index contributed by atoms with van der Waals surface area (Å²) in [5.74, 6) is 0. The molecule has 1 rings (SSSR count). The Labute approximate surface area is 111 Å². The molecule has 0 atom stereocenters. The minimum Gasteiger partial charge on any atom is -0.463 e. The van der Waals surface area contributed by atoms with Crippen molar-refractivity contribution in [1.29, 1.82) is 0 Å². The van der Waals surface area contributed by atoms with Crippen molar-refractivity contribution >= 4 is 0 Å². The Morgan fingerprint density at radius 2 is 1.14 bits per heavy atom. The maximum Gasteiger partial charge on any atom is 0.0785 e. The van der Waals surface area contributed by atoms with Crippen molar-refractivity contribution in [3.8, 4) is 0 Å². The second kappa shape index (κ2) is 73.7. The second-order valence-electron chi connectivity index (χ2n) is 0.656. The van der Waals surface area contributed by atoms with E-state index < -0.39 is 0 Å². The fraction of sp³-hybridized carbons (Fsp3) is 0.625. The zero-order valence-electron chi connectivity index (χ0n) is 9.59. The molecule has 0 unspecified atom stereocenters. The van der Waals surface area contributed by atoms with E-state index in [1.54, 1.807) is 19.6 Å². The van der Waals surface area contributed by atoms with Crippen LogP contribution in [0, 0.1) is 7.18 Å². The molecule has 0 amide bonds. The predicted octanol–water partition coefficient (Wildman–Crippen LogP) is 3.19. The van der Waals surface area contributed by atoms with Gasteiger partial charge in [-0.1, -0.05) is 27.7 Å². The van der Waals surface area contributed by atoms with E-state index in [9.17, 15) is 8.78 Å². The number of aromatic nitrogens is 3. The van der Waals surface area contributed by atoms with Crippen LogP contribution in [0.15, 0.2) is 12.4 Å². The first kappa shape index (κ1) is 29.2. The number of H-pyrrole nitrogens is 1. The number of halogens is 2. The fourth-order valence-corrected chi connectivity index (χ4v) is 0.167. The molecular formula is C8H20F2N3Y-. The Balaban J connectivity index is -0.0000000267. The molecule has 0 aliphatic carbocycles. The molecule has 85 valence electrons. The summed E-state index contributed by atoms with van der Waals surface area (Å²) in [7, 11) is 2.25. The molecule has 1 N–H and O–H groups in total. The number of aromatic amines is 1. The van der Waals surface area contributed by atoms with Gasteiger partial charge >= 0.3 is 0 Å². The van der Waals surface area contributed by atoms with E-state index in [0.29, 0.717) is 7.18 Å². The average molecular weight is 283 g/mol. The van der Waals surface area contributed by atoms with Crippen molar-refractivity contribution in [3.05, 3.63) is 19.6 Å². The molecule has 1 heterocycles. The second-order valence-corrected chi connectivity index (χ2v) is 0.656. The van der Waals surface area contributed by atoms with E-state index in [1.807, 2.05) is 27.7 Å².